The van der Waals surface area contributed by atoms with Gasteiger partial charge in [0, 0.05) is 11.8 Å². The lowest BCUT2D eigenvalue weighted by Crippen LogP contribution is -2.31. The van der Waals surface area contributed by atoms with Crippen molar-refractivity contribution in [3.8, 4) is 11.1 Å². The van der Waals surface area contributed by atoms with Crippen LogP contribution in [-0.4, -0.2) is 23.8 Å². The largest absolute Gasteiger partial charge is 0.394 e. The van der Waals surface area contributed by atoms with Gasteiger partial charge in [-0.15, -0.1) is 0 Å². The van der Waals surface area contributed by atoms with Crippen molar-refractivity contribution in [3.05, 3.63) is 94.3 Å². The minimum Gasteiger partial charge on any atom is -0.394 e. The maximum absolute atomic E-state index is 13.7. The van der Waals surface area contributed by atoms with E-state index in [4.69, 9.17) is 0 Å². The maximum atomic E-state index is 13.7. The van der Waals surface area contributed by atoms with Crippen LogP contribution in [0.15, 0.2) is 65.7 Å². The van der Waals surface area contributed by atoms with E-state index in [1.807, 2.05) is 30.5 Å². The van der Waals surface area contributed by atoms with Crippen LogP contribution in [0.5, 0.6) is 0 Å². The average molecular weight is 388 g/mol. The number of aliphatic hydroxyl groups excluding tert-OH is 1. The van der Waals surface area contributed by atoms with Crippen LogP contribution in [-0.2, 0) is 6.54 Å². The Bertz CT molecular complexity index is 1090. The molecular weight excluding hydrogens is 367 g/mol. The van der Waals surface area contributed by atoms with E-state index in [1.165, 1.54) is 17.7 Å². The van der Waals surface area contributed by atoms with E-state index >= 15 is 0 Å². The topological polar surface area (TPSA) is 61.7 Å². The molecule has 4 nitrogen and oxygen atoms in total. The number of amides is 1. The van der Waals surface area contributed by atoms with E-state index in [0.717, 1.165) is 22.3 Å². The second kappa shape index (κ2) is 7.97. The normalized spacial score (nSPS) is 13.2. The number of hydrogen-bond acceptors (Lipinski definition) is 3. The molecule has 0 saturated carbocycles. The molecule has 5 heteroatoms. The van der Waals surface area contributed by atoms with E-state index in [0.29, 0.717) is 17.7 Å². The standard InChI is InChI=1S/C24H21FN2O2/c1-15-7-20(11-22(25)8-15)23(14-28)27-24(29)18-4-2-3-16(9-18)17-5-6-19-12-26-13-21(19)10-17/h2-11,13,23,28H,12,14H2,1H3,(H,27,29). The Kier molecular flexibility index (Phi) is 5.23. The summed E-state index contributed by atoms with van der Waals surface area (Å²) in [5.41, 5.74) is 5.96. The van der Waals surface area contributed by atoms with Crippen LogP contribution in [0.1, 0.15) is 38.7 Å². The molecule has 29 heavy (non-hydrogen) atoms. The molecule has 1 heterocycles. The van der Waals surface area contributed by atoms with Gasteiger partial charge in [0.1, 0.15) is 5.82 Å². The van der Waals surface area contributed by atoms with Crippen LogP contribution in [0, 0.1) is 12.7 Å². The van der Waals surface area contributed by atoms with Gasteiger partial charge in [0.25, 0.3) is 5.91 Å². The molecule has 0 radical (unpaired) electrons. The van der Waals surface area contributed by atoms with Gasteiger partial charge >= 0.3 is 0 Å². The lowest BCUT2D eigenvalue weighted by atomic mass is 9.98. The number of carbonyl (C=O) groups excluding carboxylic acids is 1. The van der Waals surface area contributed by atoms with Crippen molar-refractivity contribution in [2.75, 3.05) is 6.61 Å². The van der Waals surface area contributed by atoms with E-state index in [9.17, 15) is 14.3 Å². The van der Waals surface area contributed by atoms with E-state index in [1.54, 1.807) is 19.1 Å². The summed E-state index contributed by atoms with van der Waals surface area (Å²) in [6.45, 7) is 2.16. The van der Waals surface area contributed by atoms with Crippen LogP contribution >= 0.6 is 0 Å². The van der Waals surface area contributed by atoms with Crippen molar-refractivity contribution in [2.24, 2.45) is 4.99 Å². The predicted octanol–water partition coefficient (Wildman–Crippen LogP) is 4.20. The van der Waals surface area contributed by atoms with Crippen molar-refractivity contribution in [1.29, 1.82) is 0 Å². The summed E-state index contributed by atoms with van der Waals surface area (Å²) in [6.07, 6.45) is 1.86. The third-order valence-corrected chi connectivity index (χ3v) is 5.05. The minimum atomic E-state index is -0.684. The summed E-state index contributed by atoms with van der Waals surface area (Å²) >= 11 is 0. The van der Waals surface area contributed by atoms with Gasteiger partial charge in [0.15, 0.2) is 0 Å². The fourth-order valence-corrected chi connectivity index (χ4v) is 3.56. The minimum absolute atomic E-state index is 0.321. The van der Waals surface area contributed by atoms with E-state index < -0.39 is 11.9 Å². The smallest absolute Gasteiger partial charge is 0.251 e. The first-order valence-electron chi connectivity index (χ1n) is 9.45. The number of aliphatic hydroxyl groups is 1. The number of rotatable bonds is 5. The molecule has 3 aromatic carbocycles. The van der Waals surface area contributed by atoms with Gasteiger partial charge in [-0.2, -0.15) is 0 Å². The van der Waals surface area contributed by atoms with Gasteiger partial charge in [0.05, 0.1) is 19.2 Å². The van der Waals surface area contributed by atoms with Gasteiger partial charge in [-0.3, -0.25) is 9.79 Å². The second-order valence-corrected chi connectivity index (χ2v) is 7.23. The molecule has 0 aliphatic carbocycles. The Labute approximate surface area is 168 Å². The highest BCUT2D eigenvalue weighted by Crippen LogP contribution is 2.25. The molecule has 1 unspecified atom stereocenters. The van der Waals surface area contributed by atoms with Crippen molar-refractivity contribution >= 4 is 12.1 Å². The Morgan fingerprint density at radius 1 is 1.14 bits per heavy atom. The lowest BCUT2D eigenvalue weighted by molar-refractivity contribution is 0.0916. The molecule has 0 aromatic heterocycles. The zero-order chi connectivity index (χ0) is 20.4. The first kappa shape index (κ1) is 19.0. The number of nitrogens with zero attached hydrogens (tertiary/aromatic N) is 1. The average Bonchev–Trinajstić information content (AvgIpc) is 3.19. The van der Waals surface area contributed by atoms with Gasteiger partial charge in [-0.05, 0) is 70.6 Å². The first-order chi connectivity index (χ1) is 14.0. The number of halogens is 1. The summed E-state index contributed by atoms with van der Waals surface area (Å²) in [7, 11) is 0. The summed E-state index contributed by atoms with van der Waals surface area (Å²) in [5, 5.41) is 12.5. The van der Waals surface area contributed by atoms with Crippen LogP contribution in [0.2, 0.25) is 0 Å². The number of aliphatic imine (C=N–C) groups is 1. The zero-order valence-corrected chi connectivity index (χ0v) is 16.0. The molecule has 0 saturated heterocycles. The molecule has 146 valence electrons. The van der Waals surface area contributed by atoms with Crippen LogP contribution < -0.4 is 5.32 Å². The second-order valence-electron chi connectivity index (χ2n) is 7.23. The molecule has 3 aromatic rings. The Balaban J connectivity index is 1.57. The molecule has 1 amide bonds. The van der Waals surface area contributed by atoms with Crippen LogP contribution in [0.3, 0.4) is 0 Å². The zero-order valence-electron chi connectivity index (χ0n) is 16.0. The molecule has 1 aliphatic heterocycles. The van der Waals surface area contributed by atoms with Crippen molar-refractivity contribution < 1.29 is 14.3 Å². The predicted molar refractivity (Wildman–Crippen MR) is 112 cm³/mol. The van der Waals surface area contributed by atoms with E-state index in [2.05, 4.69) is 22.4 Å². The number of benzene rings is 3. The van der Waals surface area contributed by atoms with Gasteiger partial charge in [-0.1, -0.05) is 30.3 Å². The van der Waals surface area contributed by atoms with Crippen LogP contribution in [0.4, 0.5) is 4.39 Å². The Morgan fingerprint density at radius 3 is 2.76 bits per heavy atom. The quantitative estimate of drug-likeness (QED) is 0.688. The Hall–Kier alpha value is -3.31. The maximum Gasteiger partial charge on any atom is 0.251 e. The van der Waals surface area contributed by atoms with Crippen molar-refractivity contribution in [1.82, 2.24) is 5.32 Å². The highest BCUT2D eigenvalue weighted by atomic mass is 19.1. The molecular formula is C24H21FN2O2. The van der Waals surface area contributed by atoms with Crippen LogP contribution in [0.25, 0.3) is 11.1 Å². The number of aryl methyl sites for hydroxylation is 1. The van der Waals surface area contributed by atoms with Gasteiger partial charge in [-0.25, -0.2) is 4.39 Å². The third kappa shape index (κ3) is 4.10. The molecule has 1 atom stereocenters. The number of nitrogens with one attached hydrogen (secondary N) is 1. The fraction of sp³-hybridized carbons (Fsp3) is 0.167. The first-order valence-corrected chi connectivity index (χ1v) is 9.45. The summed E-state index contributed by atoms with van der Waals surface area (Å²) < 4.78 is 13.7. The van der Waals surface area contributed by atoms with Crippen molar-refractivity contribution in [3.63, 3.8) is 0 Å². The fourth-order valence-electron chi connectivity index (χ4n) is 3.56. The number of carbonyl (C=O) groups is 1. The summed E-state index contributed by atoms with van der Waals surface area (Å²) in [6, 6.07) is 17.3. The third-order valence-electron chi connectivity index (χ3n) is 5.05. The summed E-state index contributed by atoms with van der Waals surface area (Å²) in [4.78, 5) is 17.1. The van der Waals surface area contributed by atoms with Gasteiger partial charge in [0.2, 0.25) is 0 Å². The highest BCUT2D eigenvalue weighted by molar-refractivity contribution is 5.96. The molecule has 0 spiro atoms. The Morgan fingerprint density at radius 2 is 1.97 bits per heavy atom. The highest BCUT2D eigenvalue weighted by Gasteiger charge is 2.17. The lowest BCUT2D eigenvalue weighted by Gasteiger charge is -2.18. The SMILES string of the molecule is Cc1cc(F)cc(C(CO)NC(=O)c2cccc(-c3ccc4c(c3)C=NC4)c2)c1. The number of fused-ring (bicyclic) bond motifs is 1. The molecule has 1 aliphatic rings. The monoisotopic (exact) mass is 388 g/mol. The van der Waals surface area contributed by atoms with Crippen molar-refractivity contribution in [2.45, 2.75) is 19.5 Å². The summed E-state index contributed by atoms with van der Waals surface area (Å²) in [5.74, 6) is -0.717. The molecule has 0 bridgehead atoms. The number of hydrogen-bond donors (Lipinski definition) is 2. The molecule has 0 fully saturated rings. The molecule has 4 rings (SSSR count). The van der Waals surface area contributed by atoms with Gasteiger partial charge < -0.3 is 10.4 Å². The molecule has 2 N–H and O–H groups in total. The van der Waals surface area contributed by atoms with E-state index in [-0.39, 0.29) is 12.5 Å².